The number of aromatic nitrogens is 6. The lowest BCUT2D eigenvalue weighted by atomic mass is 10.0. The van der Waals surface area contributed by atoms with Gasteiger partial charge in [-0.25, -0.2) is 19.9 Å². The second-order valence-electron chi connectivity index (χ2n) is 7.49. The summed E-state index contributed by atoms with van der Waals surface area (Å²) in [5.74, 6) is 1.53. The normalized spacial score (nSPS) is 14.2. The van der Waals surface area contributed by atoms with Crippen molar-refractivity contribution in [2.24, 2.45) is 7.05 Å². The van der Waals surface area contributed by atoms with Crippen LogP contribution < -0.4 is 0 Å². The predicted molar refractivity (Wildman–Crippen MR) is 109 cm³/mol. The minimum atomic E-state index is 0.563. The highest BCUT2D eigenvalue weighted by Crippen LogP contribution is 2.38. The minimum absolute atomic E-state index is 0.563. The highest BCUT2D eigenvalue weighted by molar-refractivity contribution is 5.97. The molecular formula is C22H18N6. The molecule has 0 bridgehead atoms. The average molecular weight is 366 g/mol. The van der Waals surface area contributed by atoms with Crippen LogP contribution in [0.3, 0.4) is 0 Å². The molecule has 1 aliphatic carbocycles. The van der Waals surface area contributed by atoms with Crippen LogP contribution in [0.4, 0.5) is 0 Å². The molecular weight excluding hydrogens is 348 g/mol. The summed E-state index contributed by atoms with van der Waals surface area (Å²) in [6.45, 7) is 0. The standard InChI is InChI=1S/C22H18N6/c1-28-12-27-19-5-4-14(7-20(19)28)18-11-26-22-17(18)6-15(8-25-22)16-9-23-21(24-10-16)13-2-3-13/h4-13H,2-3H2,1H3,(H,25,26). The molecule has 28 heavy (non-hydrogen) atoms. The van der Waals surface area contributed by atoms with E-state index in [1.54, 1.807) is 0 Å². The molecule has 6 rings (SSSR count). The maximum absolute atomic E-state index is 4.61. The SMILES string of the molecule is Cn1cnc2ccc(-c3c[nH]c4ncc(-c5cnc(C6CC6)nc5)cc34)cc21. The van der Waals surface area contributed by atoms with E-state index in [0.717, 1.165) is 50.1 Å². The van der Waals surface area contributed by atoms with Gasteiger partial charge in [-0.15, -0.1) is 0 Å². The molecule has 4 heterocycles. The van der Waals surface area contributed by atoms with Crippen LogP contribution in [0.15, 0.2) is 55.4 Å². The summed E-state index contributed by atoms with van der Waals surface area (Å²) in [6.07, 6.45) is 12.0. The molecule has 0 unspecified atom stereocenters. The van der Waals surface area contributed by atoms with Crippen molar-refractivity contribution < 1.29 is 0 Å². The van der Waals surface area contributed by atoms with Crippen molar-refractivity contribution in [1.29, 1.82) is 0 Å². The molecule has 0 atom stereocenters. The molecule has 0 spiro atoms. The Morgan fingerprint density at radius 3 is 2.57 bits per heavy atom. The van der Waals surface area contributed by atoms with E-state index < -0.39 is 0 Å². The first-order valence-corrected chi connectivity index (χ1v) is 9.47. The number of aromatic amines is 1. The Labute approximate surface area is 161 Å². The summed E-state index contributed by atoms with van der Waals surface area (Å²) in [7, 11) is 2.01. The van der Waals surface area contributed by atoms with Crippen molar-refractivity contribution in [3.8, 4) is 22.3 Å². The summed E-state index contributed by atoms with van der Waals surface area (Å²) in [6, 6.07) is 8.51. The predicted octanol–water partition coefficient (Wildman–Crippen LogP) is 4.45. The molecule has 4 aromatic heterocycles. The Morgan fingerprint density at radius 1 is 0.929 bits per heavy atom. The van der Waals surface area contributed by atoms with Crippen molar-refractivity contribution in [2.75, 3.05) is 0 Å². The van der Waals surface area contributed by atoms with Crippen molar-refractivity contribution in [2.45, 2.75) is 18.8 Å². The molecule has 1 aliphatic rings. The Balaban J connectivity index is 1.46. The molecule has 1 fully saturated rings. The van der Waals surface area contributed by atoms with E-state index in [1.165, 1.54) is 12.8 Å². The zero-order valence-corrected chi connectivity index (χ0v) is 15.4. The van der Waals surface area contributed by atoms with E-state index >= 15 is 0 Å². The third kappa shape index (κ3) is 2.41. The van der Waals surface area contributed by atoms with Crippen LogP contribution in [-0.4, -0.2) is 29.5 Å². The molecule has 0 saturated heterocycles. The number of nitrogens with one attached hydrogen (secondary N) is 1. The fraction of sp³-hybridized carbons (Fsp3) is 0.182. The van der Waals surface area contributed by atoms with Crippen molar-refractivity contribution in [1.82, 2.24) is 29.5 Å². The number of aryl methyl sites for hydroxylation is 1. The smallest absolute Gasteiger partial charge is 0.137 e. The van der Waals surface area contributed by atoms with Crippen molar-refractivity contribution in [3.05, 3.63) is 61.2 Å². The summed E-state index contributed by atoms with van der Waals surface area (Å²) in [5.41, 5.74) is 7.27. The maximum Gasteiger partial charge on any atom is 0.137 e. The van der Waals surface area contributed by atoms with Gasteiger partial charge in [0, 0.05) is 59.8 Å². The number of H-pyrrole nitrogens is 1. The fourth-order valence-electron chi connectivity index (χ4n) is 3.73. The van der Waals surface area contributed by atoms with Gasteiger partial charge < -0.3 is 9.55 Å². The number of hydrogen-bond donors (Lipinski definition) is 1. The highest BCUT2D eigenvalue weighted by atomic mass is 15.0. The van der Waals surface area contributed by atoms with E-state index in [1.807, 2.05) is 42.7 Å². The number of rotatable bonds is 3. The fourth-order valence-corrected chi connectivity index (χ4v) is 3.73. The number of benzene rings is 1. The summed E-state index contributed by atoms with van der Waals surface area (Å²) in [5, 5.41) is 1.09. The van der Waals surface area contributed by atoms with E-state index in [2.05, 4.69) is 49.2 Å². The third-order valence-corrected chi connectivity index (χ3v) is 5.52. The van der Waals surface area contributed by atoms with Crippen LogP contribution in [0.2, 0.25) is 0 Å². The maximum atomic E-state index is 4.61. The molecule has 0 amide bonds. The van der Waals surface area contributed by atoms with E-state index in [9.17, 15) is 0 Å². The lowest BCUT2D eigenvalue weighted by Gasteiger charge is -2.05. The van der Waals surface area contributed by atoms with Crippen LogP contribution in [0, 0.1) is 0 Å². The average Bonchev–Trinajstić information content (AvgIpc) is 3.41. The zero-order chi connectivity index (χ0) is 18.7. The van der Waals surface area contributed by atoms with Gasteiger partial charge in [0.05, 0.1) is 17.4 Å². The van der Waals surface area contributed by atoms with Gasteiger partial charge in [0.1, 0.15) is 11.5 Å². The van der Waals surface area contributed by atoms with Gasteiger partial charge in [-0.3, -0.25) is 0 Å². The molecule has 0 radical (unpaired) electrons. The summed E-state index contributed by atoms with van der Waals surface area (Å²) < 4.78 is 2.04. The number of hydrogen-bond acceptors (Lipinski definition) is 4. The lowest BCUT2D eigenvalue weighted by Crippen LogP contribution is -1.92. The summed E-state index contributed by atoms with van der Waals surface area (Å²) in [4.78, 5) is 21.4. The number of fused-ring (bicyclic) bond motifs is 2. The Hall–Kier alpha value is -3.54. The van der Waals surface area contributed by atoms with Crippen molar-refractivity contribution >= 4 is 22.1 Å². The van der Waals surface area contributed by atoms with Gasteiger partial charge in [-0.1, -0.05) is 6.07 Å². The minimum Gasteiger partial charge on any atom is -0.346 e. The van der Waals surface area contributed by atoms with Gasteiger partial charge in [0.15, 0.2) is 0 Å². The first-order valence-electron chi connectivity index (χ1n) is 9.47. The molecule has 1 saturated carbocycles. The Morgan fingerprint density at radius 2 is 1.75 bits per heavy atom. The molecule has 5 aromatic rings. The van der Waals surface area contributed by atoms with Crippen LogP contribution >= 0.6 is 0 Å². The van der Waals surface area contributed by atoms with E-state index in [4.69, 9.17) is 0 Å². The van der Waals surface area contributed by atoms with E-state index in [0.29, 0.717) is 5.92 Å². The van der Waals surface area contributed by atoms with Gasteiger partial charge in [0.25, 0.3) is 0 Å². The molecule has 6 nitrogen and oxygen atoms in total. The molecule has 136 valence electrons. The highest BCUT2D eigenvalue weighted by Gasteiger charge is 2.26. The van der Waals surface area contributed by atoms with Crippen LogP contribution in [-0.2, 0) is 7.05 Å². The monoisotopic (exact) mass is 366 g/mol. The van der Waals surface area contributed by atoms with Gasteiger partial charge in [-0.05, 0) is 36.6 Å². The Bertz CT molecular complexity index is 1320. The van der Waals surface area contributed by atoms with Crippen LogP contribution in [0.25, 0.3) is 44.3 Å². The van der Waals surface area contributed by atoms with E-state index in [-0.39, 0.29) is 0 Å². The first-order chi connectivity index (χ1) is 13.8. The molecule has 0 aliphatic heterocycles. The molecule has 1 N–H and O–H groups in total. The second kappa shape index (κ2) is 5.73. The quantitative estimate of drug-likeness (QED) is 0.512. The van der Waals surface area contributed by atoms with Crippen molar-refractivity contribution in [3.63, 3.8) is 0 Å². The largest absolute Gasteiger partial charge is 0.346 e. The Kier molecular flexibility index (Phi) is 3.17. The summed E-state index contributed by atoms with van der Waals surface area (Å²) >= 11 is 0. The zero-order valence-electron chi connectivity index (χ0n) is 15.4. The number of nitrogens with zero attached hydrogens (tertiary/aromatic N) is 5. The molecule has 1 aromatic carbocycles. The van der Waals surface area contributed by atoms with Gasteiger partial charge >= 0.3 is 0 Å². The van der Waals surface area contributed by atoms with Gasteiger partial charge in [-0.2, -0.15) is 0 Å². The molecule has 6 heteroatoms. The lowest BCUT2D eigenvalue weighted by molar-refractivity contribution is 0.928. The first kappa shape index (κ1) is 15.5. The van der Waals surface area contributed by atoms with Gasteiger partial charge in [0.2, 0.25) is 0 Å². The number of imidazole rings is 1. The van der Waals surface area contributed by atoms with Crippen LogP contribution in [0.1, 0.15) is 24.6 Å². The third-order valence-electron chi connectivity index (χ3n) is 5.52. The topological polar surface area (TPSA) is 72.3 Å². The second-order valence-corrected chi connectivity index (χ2v) is 7.49. The van der Waals surface area contributed by atoms with Crippen LogP contribution in [0.5, 0.6) is 0 Å². The number of pyridine rings is 1.